The first kappa shape index (κ1) is 45.9. The molecule has 1 amide bonds. The molecule has 4 aliphatic carbocycles. The fourth-order valence-corrected chi connectivity index (χ4v) is 10.2. The average molecular weight is 725 g/mol. The van der Waals surface area contributed by atoms with Crippen molar-refractivity contribution in [2.24, 2.45) is 57.3 Å². The van der Waals surface area contributed by atoms with Gasteiger partial charge in [-0.2, -0.15) is 0 Å². The Balaban J connectivity index is 0.00000217. The molecule has 7 atom stereocenters. The monoisotopic (exact) mass is 725 g/mol. The van der Waals surface area contributed by atoms with Gasteiger partial charge in [-0.3, -0.25) is 0 Å². The van der Waals surface area contributed by atoms with E-state index in [0.29, 0.717) is 44.4 Å². The molecule has 0 saturated heterocycles. The van der Waals surface area contributed by atoms with E-state index in [9.17, 15) is 13.6 Å². The molecule has 4 rings (SSSR count). The van der Waals surface area contributed by atoms with Crippen LogP contribution < -0.4 is 16.8 Å². The van der Waals surface area contributed by atoms with Crippen LogP contribution in [0.3, 0.4) is 0 Å². The average Bonchev–Trinajstić information content (AvgIpc) is 3.45. The van der Waals surface area contributed by atoms with Gasteiger partial charge in [0.15, 0.2) is 0 Å². The van der Waals surface area contributed by atoms with E-state index in [1.807, 2.05) is 27.7 Å². The Hall–Kier alpha value is -1.25. The summed E-state index contributed by atoms with van der Waals surface area (Å²) in [5.41, 5.74) is 13.2. The Morgan fingerprint density at radius 1 is 0.980 bits per heavy atom. The number of rotatable bonds is 17. The molecule has 300 valence electrons. The summed E-state index contributed by atoms with van der Waals surface area (Å²) in [6, 6.07) is 0. The molecule has 4 aliphatic rings. The molecule has 8 heteroatoms. The van der Waals surface area contributed by atoms with Crippen LogP contribution in [0.4, 0.5) is 13.6 Å². The first-order valence-electron chi connectivity index (χ1n) is 21.3. The van der Waals surface area contributed by atoms with Crippen LogP contribution in [-0.4, -0.2) is 62.3 Å². The van der Waals surface area contributed by atoms with Gasteiger partial charge in [-0.25, -0.2) is 13.6 Å². The van der Waals surface area contributed by atoms with Gasteiger partial charge in [0, 0.05) is 19.5 Å². The summed E-state index contributed by atoms with van der Waals surface area (Å²) in [5.74, 6) is 1.22. The molecule has 7 unspecified atom stereocenters. The van der Waals surface area contributed by atoms with Crippen molar-refractivity contribution in [1.82, 2.24) is 10.2 Å². The van der Waals surface area contributed by atoms with Crippen molar-refractivity contribution in [2.45, 2.75) is 171 Å². The standard InChI is InChI=1S/C39H70F2N4O2.2C2H6/c1-28(2)11-7-8-12-29-14-16-33-32-15-13-30-23-31(17-19-38(30,6)34(32)18-20-37(29,33)5)47-35(46)45(27-36(3,4)24-42)22-10-9-21-44-26-39(40,41)25-43;2*1-2/h13,28-29,31-34,44H,7-12,14-27,42-43H2,1-6H3;2*1-2H3. The van der Waals surface area contributed by atoms with Crippen LogP contribution in [0, 0.1) is 45.8 Å². The summed E-state index contributed by atoms with van der Waals surface area (Å²) in [7, 11) is 0. The highest BCUT2D eigenvalue weighted by Crippen LogP contribution is 2.66. The maximum atomic E-state index is 13.6. The second-order valence-electron chi connectivity index (χ2n) is 17.7. The van der Waals surface area contributed by atoms with Gasteiger partial charge in [0.05, 0.1) is 13.1 Å². The van der Waals surface area contributed by atoms with Crippen molar-refractivity contribution in [3.63, 3.8) is 0 Å². The number of carbonyl (C=O) groups is 1. The number of nitrogens with zero attached hydrogens (tertiary/aromatic N) is 1. The van der Waals surface area contributed by atoms with Gasteiger partial charge in [-0.05, 0) is 123 Å². The second kappa shape index (κ2) is 21.0. The summed E-state index contributed by atoms with van der Waals surface area (Å²) >= 11 is 0. The first-order chi connectivity index (χ1) is 24.1. The summed E-state index contributed by atoms with van der Waals surface area (Å²) in [6.45, 7) is 22.9. The number of hydrogen-bond acceptors (Lipinski definition) is 5. The van der Waals surface area contributed by atoms with Crippen molar-refractivity contribution < 1.29 is 18.3 Å². The summed E-state index contributed by atoms with van der Waals surface area (Å²) in [5, 5.41) is 2.79. The van der Waals surface area contributed by atoms with Crippen molar-refractivity contribution in [1.29, 1.82) is 0 Å². The van der Waals surface area contributed by atoms with Crippen LogP contribution in [0.15, 0.2) is 11.6 Å². The number of ether oxygens (including phenoxy) is 1. The van der Waals surface area contributed by atoms with E-state index < -0.39 is 19.0 Å². The van der Waals surface area contributed by atoms with E-state index in [2.05, 4.69) is 52.9 Å². The molecule has 0 aliphatic heterocycles. The molecule has 5 N–H and O–H groups in total. The fraction of sp³-hybridized carbons (Fsp3) is 0.930. The number of halogens is 2. The van der Waals surface area contributed by atoms with E-state index in [1.165, 1.54) is 63.4 Å². The van der Waals surface area contributed by atoms with Crippen molar-refractivity contribution in [3.8, 4) is 0 Å². The molecule has 0 spiro atoms. The number of nitrogens with one attached hydrogen (secondary N) is 1. The third-order valence-corrected chi connectivity index (χ3v) is 13.3. The lowest BCUT2D eigenvalue weighted by Gasteiger charge is -2.58. The molecule has 0 aromatic heterocycles. The quantitative estimate of drug-likeness (QED) is 0.103. The SMILES string of the molecule is CC.CC.CC(C)CCCCC1CCC2C3CC=C4CC(OC(=O)N(CCCCNCC(F)(F)CN)CC(C)(C)CN)CCC4(C)C3CCC12C. The number of hydrogen-bond donors (Lipinski definition) is 3. The molecule has 0 heterocycles. The normalized spacial score (nSPS) is 30.1. The zero-order valence-electron chi connectivity index (χ0n) is 34.9. The molecule has 0 aromatic rings. The van der Waals surface area contributed by atoms with E-state index in [-0.39, 0.29) is 23.0 Å². The molecule has 0 radical (unpaired) electrons. The van der Waals surface area contributed by atoms with Crippen LogP contribution in [0.5, 0.6) is 0 Å². The predicted octanol–water partition coefficient (Wildman–Crippen LogP) is 10.6. The number of amides is 1. The summed E-state index contributed by atoms with van der Waals surface area (Å²) in [4.78, 5) is 15.4. The lowest BCUT2D eigenvalue weighted by Crippen LogP contribution is -2.51. The minimum Gasteiger partial charge on any atom is -0.446 e. The van der Waals surface area contributed by atoms with Crippen LogP contribution in [-0.2, 0) is 4.74 Å². The Labute approximate surface area is 313 Å². The van der Waals surface area contributed by atoms with Crippen LogP contribution in [0.25, 0.3) is 0 Å². The molecule has 3 fully saturated rings. The zero-order chi connectivity index (χ0) is 38.5. The summed E-state index contributed by atoms with van der Waals surface area (Å²) in [6.07, 6.45) is 18.8. The smallest absolute Gasteiger partial charge is 0.410 e. The number of allylic oxidation sites excluding steroid dienone is 1. The molecule has 0 bridgehead atoms. The first-order valence-corrected chi connectivity index (χ1v) is 21.3. The van der Waals surface area contributed by atoms with Gasteiger partial charge >= 0.3 is 6.09 Å². The van der Waals surface area contributed by atoms with Crippen molar-refractivity contribution in [3.05, 3.63) is 11.6 Å². The van der Waals surface area contributed by atoms with Crippen molar-refractivity contribution in [2.75, 3.05) is 39.3 Å². The highest BCUT2D eigenvalue weighted by Gasteiger charge is 2.58. The minimum absolute atomic E-state index is 0.0995. The predicted molar refractivity (Wildman–Crippen MR) is 212 cm³/mol. The highest BCUT2D eigenvalue weighted by atomic mass is 19.3. The topological polar surface area (TPSA) is 93.6 Å². The number of fused-ring (bicyclic) bond motifs is 5. The number of carbonyl (C=O) groups excluding carboxylic acids is 1. The van der Waals surface area contributed by atoms with Gasteiger partial charge in [0.1, 0.15) is 6.10 Å². The van der Waals surface area contributed by atoms with Crippen LogP contribution in [0.2, 0.25) is 0 Å². The largest absolute Gasteiger partial charge is 0.446 e. The lowest BCUT2D eigenvalue weighted by molar-refractivity contribution is -0.0537. The van der Waals surface area contributed by atoms with E-state index in [0.717, 1.165) is 48.9 Å². The minimum atomic E-state index is -2.89. The molecule has 0 aromatic carbocycles. The number of nitrogens with two attached hydrogens (primary N) is 2. The van der Waals surface area contributed by atoms with Gasteiger partial charge in [-0.15, -0.1) is 0 Å². The van der Waals surface area contributed by atoms with E-state index in [4.69, 9.17) is 16.2 Å². The number of unbranched alkanes of at least 4 members (excludes halogenated alkanes) is 2. The maximum absolute atomic E-state index is 13.6. The summed E-state index contributed by atoms with van der Waals surface area (Å²) < 4.78 is 33.1. The molecule has 3 saturated carbocycles. The Morgan fingerprint density at radius 2 is 1.69 bits per heavy atom. The Morgan fingerprint density at radius 3 is 2.33 bits per heavy atom. The van der Waals surface area contributed by atoms with Gasteiger partial charge in [0.25, 0.3) is 5.92 Å². The zero-order valence-corrected chi connectivity index (χ0v) is 34.9. The highest BCUT2D eigenvalue weighted by molar-refractivity contribution is 5.68. The van der Waals surface area contributed by atoms with Gasteiger partial charge in [0.2, 0.25) is 0 Å². The Kier molecular flexibility index (Phi) is 18.9. The second-order valence-corrected chi connectivity index (χ2v) is 17.7. The maximum Gasteiger partial charge on any atom is 0.410 e. The van der Waals surface area contributed by atoms with E-state index >= 15 is 0 Å². The molecular formula is C43H82F2N4O2. The number of alkyl halides is 2. The van der Waals surface area contributed by atoms with Crippen LogP contribution in [0.1, 0.15) is 159 Å². The third kappa shape index (κ3) is 12.4. The molecule has 6 nitrogen and oxygen atoms in total. The third-order valence-electron chi connectivity index (χ3n) is 13.3. The lowest BCUT2D eigenvalue weighted by atomic mass is 9.47. The van der Waals surface area contributed by atoms with Crippen molar-refractivity contribution >= 4 is 6.09 Å². The Bertz CT molecular complexity index is 1050. The van der Waals surface area contributed by atoms with Gasteiger partial charge < -0.3 is 26.4 Å². The van der Waals surface area contributed by atoms with Gasteiger partial charge in [-0.1, -0.05) is 100 Å². The molecular weight excluding hydrogens is 642 g/mol. The van der Waals surface area contributed by atoms with Crippen LogP contribution >= 0.6 is 0 Å². The fourth-order valence-electron chi connectivity index (χ4n) is 10.2. The molecule has 51 heavy (non-hydrogen) atoms. The van der Waals surface area contributed by atoms with E-state index in [1.54, 1.807) is 4.90 Å².